The maximum Gasteiger partial charge on any atom is 0.224 e. The topological polar surface area (TPSA) is 74.8 Å². The molecule has 0 saturated heterocycles. The number of carbonyl (C=O) groups is 1. The quantitative estimate of drug-likeness (QED) is 0.312. The fraction of sp³-hybridized carbons (Fsp3) is 0.391. The SMILES string of the molecule is CCNC(=NCc1ccc(F)cc1CSC)NCCOc1ccc2c(c1)CCC(=O)N2. The minimum atomic E-state index is -0.219. The lowest BCUT2D eigenvalue weighted by atomic mass is 10.0. The van der Waals surface area contributed by atoms with Crippen LogP contribution in [0.25, 0.3) is 0 Å². The first-order valence-corrected chi connectivity index (χ1v) is 11.8. The predicted octanol–water partition coefficient (Wildman–Crippen LogP) is 3.71. The highest BCUT2D eigenvalue weighted by Gasteiger charge is 2.15. The summed E-state index contributed by atoms with van der Waals surface area (Å²) in [7, 11) is 0. The predicted molar refractivity (Wildman–Crippen MR) is 125 cm³/mol. The van der Waals surface area contributed by atoms with Gasteiger partial charge < -0.3 is 20.7 Å². The number of halogens is 1. The summed E-state index contributed by atoms with van der Waals surface area (Å²) in [6, 6.07) is 10.6. The maximum absolute atomic E-state index is 13.5. The smallest absolute Gasteiger partial charge is 0.224 e. The van der Waals surface area contributed by atoms with E-state index in [0.29, 0.717) is 32.1 Å². The van der Waals surface area contributed by atoms with Crippen molar-refractivity contribution in [3.8, 4) is 5.75 Å². The summed E-state index contributed by atoms with van der Waals surface area (Å²) in [4.78, 5) is 16.1. The standard InChI is InChI=1S/C23H29FN4O2S/c1-3-25-23(27-14-17-4-6-19(24)12-18(17)15-31-2)26-10-11-30-20-7-8-21-16(13-20)5-9-22(29)28-21/h4,6-8,12-13H,3,5,9-11,14-15H2,1-2H3,(H,28,29)(H2,25,26,27). The van der Waals surface area contributed by atoms with Gasteiger partial charge in [0.05, 0.1) is 13.1 Å². The molecule has 0 unspecified atom stereocenters. The minimum Gasteiger partial charge on any atom is -0.492 e. The zero-order valence-corrected chi connectivity index (χ0v) is 18.8. The summed E-state index contributed by atoms with van der Waals surface area (Å²) in [6.45, 7) is 4.29. The number of nitrogens with one attached hydrogen (secondary N) is 3. The molecule has 2 aromatic carbocycles. The number of fused-ring (bicyclic) bond motifs is 1. The Morgan fingerprint density at radius 1 is 1.19 bits per heavy atom. The van der Waals surface area contributed by atoms with Gasteiger partial charge in [-0.15, -0.1) is 0 Å². The van der Waals surface area contributed by atoms with Gasteiger partial charge in [0, 0.05) is 24.4 Å². The molecule has 0 saturated carbocycles. The van der Waals surface area contributed by atoms with Crippen LogP contribution in [0.15, 0.2) is 41.4 Å². The Morgan fingerprint density at radius 3 is 2.87 bits per heavy atom. The Bertz CT molecular complexity index is 936. The van der Waals surface area contributed by atoms with E-state index < -0.39 is 0 Å². The van der Waals surface area contributed by atoms with Crippen LogP contribution in [0.5, 0.6) is 5.75 Å². The molecule has 2 aromatic rings. The van der Waals surface area contributed by atoms with E-state index in [2.05, 4.69) is 20.9 Å². The Labute approximate surface area is 187 Å². The van der Waals surface area contributed by atoms with E-state index in [9.17, 15) is 9.18 Å². The summed E-state index contributed by atoms with van der Waals surface area (Å²) in [5.41, 5.74) is 3.95. The summed E-state index contributed by atoms with van der Waals surface area (Å²) in [5, 5.41) is 9.37. The highest BCUT2D eigenvalue weighted by Crippen LogP contribution is 2.26. The first kappa shape index (κ1) is 22.9. The Balaban J connectivity index is 1.52. The fourth-order valence-corrected chi connectivity index (χ4v) is 3.91. The van der Waals surface area contributed by atoms with Crippen LogP contribution in [0, 0.1) is 5.82 Å². The van der Waals surface area contributed by atoms with Gasteiger partial charge in [0.1, 0.15) is 18.2 Å². The molecular weight excluding hydrogens is 415 g/mol. The number of guanidine groups is 1. The number of amides is 1. The first-order valence-electron chi connectivity index (χ1n) is 10.4. The van der Waals surface area contributed by atoms with E-state index >= 15 is 0 Å². The van der Waals surface area contributed by atoms with Crippen LogP contribution in [-0.2, 0) is 23.5 Å². The van der Waals surface area contributed by atoms with Crippen LogP contribution >= 0.6 is 11.8 Å². The second kappa shape index (κ2) is 11.6. The fourth-order valence-electron chi connectivity index (χ4n) is 3.33. The number of benzene rings is 2. The largest absolute Gasteiger partial charge is 0.492 e. The monoisotopic (exact) mass is 444 g/mol. The van der Waals surface area contributed by atoms with Crippen LogP contribution in [0.4, 0.5) is 10.1 Å². The van der Waals surface area contributed by atoms with Gasteiger partial charge in [-0.3, -0.25) is 4.79 Å². The number of ether oxygens (including phenoxy) is 1. The zero-order valence-electron chi connectivity index (χ0n) is 18.0. The van der Waals surface area contributed by atoms with Gasteiger partial charge in [0.25, 0.3) is 0 Å². The van der Waals surface area contributed by atoms with Gasteiger partial charge in [-0.05, 0) is 66.6 Å². The Kier molecular flexibility index (Phi) is 8.58. The molecule has 0 fully saturated rings. The number of aliphatic imine (C=N–C) groups is 1. The van der Waals surface area contributed by atoms with Gasteiger partial charge in [-0.25, -0.2) is 9.38 Å². The Morgan fingerprint density at radius 2 is 2.06 bits per heavy atom. The van der Waals surface area contributed by atoms with E-state index in [-0.39, 0.29) is 11.7 Å². The van der Waals surface area contributed by atoms with Crippen molar-refractivity contribution in [1.29, 1.82) is 0 Å². The van der Waals surface area contributed by atoms with Crippen LogP contribution < -0.4 is 20.7 Å². The second-order valence-corrected chi connectivity index (χ2v) is 8.05. The number of aryl methyl sites for hydroxylation is 1. The molecule has 31 heavy (non-hydrogen) atoms. The lowest BCUT2D eigenvalue weighted by molar-refractivity contribution is -0.116. The zero-order chi connectivity index (χ0) is 22.1. The average Bonchev–Trinajstić information content (AvgIpc) is 2.76. The van der Waals surface area contributed by atoms with Crippen molar-refractivity contribution in [2.24, 2.45) is 4.99 Å². The third-order valence-electron chi connectivity index (χ3n) is 4.86. The summed E-state index contributed by atoms with van der Waals surface area (Å²) in [6.07, 6.45) is 3.24. The summed E-state index contributed by atoms with van der Waals surface area (Å²) in [5.74, 6) is 2.07. The summed E-state index contributed by atoms with van der Waals surface area (Å²) < 4.78 is 19.4. The average molecular weight is 445 g/mol. The molecule has 1 aliphatic rings. The van der Waals surface area contributed by atoms with Crippen LogP contribution in [-0.4, -0.2) is 37.8 Å². The van der Waals surface area contributed by atoms with Crippen molar-refractivity contribution in [2.75, 3.05) is 31.3 Å². The molecule has 0 spiro atoms. The van der Waals surface area contributed by atoms with Crippen molar-refractivity contribution in [3.63, 3.8) is 0 Å². The molecule has 8 heteroatoms. The normalized spacial score (nSPS) is 13.4. The van der Waals surface area contributed by atoms with Crippen molar-refractivity contribution in [2.45, 2.75) is 32.1 Å². The summed E-state index contributed by atoms with van der Waals surface area (Å²) >= 11 is 1.66. The highest BCUT2D eigenvalue weighted by molar-refractivity contribution is 7.97. The van der Waals surface area contributed by atoms with Gasteiger partial charge in [0.2, 0.25) is 5.91 Å². The molecule has 1 heterocycles. The molecule has 3 rings (SSSR count). The molecular formula is C23H29FN4O2S. The molecule has 0 aliphatic carbocycles. The first-order chi connectivity index (χ1) is 15.1. The number of rotatable bonds is 9. The van der Waals surface area contributed by atoms with Gasteiger partial charge >= 0.3 is 0 Å². The lowest BCUT2D eigenvalue weighted by Gasteiger charge is -2.18. The van der Waals surface area contributed by atoms with E-state index in [1.165, 1.54) is 6.07 Å². The van der Waals surface area contributed by atoms with E-state index in [0.717, 1.165) is 46.8 Å². The van der Waals surface area contributed by atoms with E-state index in [1.807, 2.05) is 31.4 Å². The molecule has 0 radical (unpaired) electrons. The maximum atomic E-state index is 13.5. The van der Waals surface area contributed by atoms with Crippen molar-refractivity contribution < 1.29 is 13.9 Å². The third kappa shape index (κ3) is 6.89. The number of carbonyl (C=O) groups excluding carboxylic acids is 1. The minimum absolute atomic E-state index is 0.0572. The van der Waals surface area contributed by atoms with Crippen molar-refractivity contribution >= 4 is 29.3 Å². The van der Waals surface area contributed by atoms with Gasteiger partial charge in [-0.2, -0.15) is 11.8 Å². The van der Waals surface area contributed by atoms with Crippen LogP contribution in [0.1, 0.15) is 30.0 Å². The number of nitrogens with zero attached hydrogens (tertiary/aromatic N) is 1. The molecule has 0 atom stereocenters. The molecule has 1 amide bonds. The van der Waals surface area contributed by atoms with E-state index in [4.69, 9.17) is 4.74 Å². The lowest BCUT2D eigenvalue weighted by Crippen LogP contribution is -2.39. The number of hydrogen-bond donors (Lipinski definition) is 3. The molecule has 1 aliphatic heterocycles. The van der Waals surface area contributed by atoms with Crippen molar-refractivity contribution in [3.05, 3.63) is 58.9 Å². The van der Waals surface area contributed by atoms with Crippen LogP contribution in [0.3, 0.4) is 0 Å². The molecule has 3 N–H and O–H groups in total. The second-order valence-electron chi connectivity index (χ2n) is 7.18. The Hall–Kier alpha value is -2.74. The van der Waals surface area contributed by atoms with Crippen molar-refractivity contribution in [1.82, 2.24) is 10.6 Å². The molecule has 6 nitrogen and oxygen atoms in total. The van der Waals surface area contributed by atoms with Gasteiger partial charge in [0.15, 0.2) is 5.96 Å². The van der Waals surface area contributed by atoms with Gasteiger partial charge in [-0.1, -0.05) is 6.07 Å². The highest BCUT2D eigenvalue weighted by atomic mass is 32.2. The number of thioether (sulfide) groups is 1. The number of hydrogen-bond acceptors (Lipinski definition) is 4. The molecule has 0 aromatic heterocycles. The third-order valence-corrected chi connectivity index (χ3v) is 5.46. The molecule has 0 bridgehead atoms. The van der Waals surface area contributed by atoms with E-state index in [1.54, 1.807) is 23.9 Å². The molecule has 166 valence electrons. The number of anilines is 1. The van der Waals surface area contributed by atoms with Crippen LogP contribution in [0.2, 0.25) is 0 Å².